The van der Waals surface area contributed by atoms with Crippen molar-refractivity contribution in [3.63, 3.8) is 0 Å². The molecule has 0 atom stereocenters. The van der Waals surface area contributed by atoms with Gasteiger partial charge in [0.1, 0.15) is 0 Å². The summed E-state index contributed by atoms with van der Waals surface area (Å²) in [5.41, 5.74) is 6.56. The standard InChI is InChI=1S/C27H24N4O5/c1-31-17(15-28-11-12-32)13-21-22(31)14-20(23-24(21)26(34)29-25(23)33)18-9-5-6-10-19(18)27(35)36-30-16-7-3-2-4-8-16/h2-10,13-14,28,30,32H,11-12,15H2,1H3,(H,29,33,34). The topological polar surface area (TPSA) is 122 Å². The van der Waals surface area contributed by atoms with E-state index in [1.165, 1.54) is 0 Å². The molecule has 0 saturated carbocycles. The van der Waals surface area contributed by atoms with E-state index in [1.807, 2.05) is 41.9 Å². The van der Waals surface area contributed by atoms with Crippen LogP contribution in [0.4, 0.5) is 5.69 Å². The Morgan fingerprint density at radius 1 is 0.972 bits per heavy atom. The molecular weight excluding hydrogens is 460 g/mol. The molecule has 0 saturated heterocycles. The Labute approximate surface area is 206 Å². The number of nitrogens with zero attached hydrogens (tertiary/aromatic N) is 1. The zero-order chi connectivity index (χ0) is 25.2. The highest BCUT2D eigenvalue weighted by atomic mass is 16.7. The molecule has 0 radical (unpaired) electrons. The van der Waals surface area contributed by atoms with Crippen LogP contribution in [-0.4, -0.2) is 40.6 Å². The summed E-state index contributed by atoms with van der Waals surface area (Å²) < 4.78 is 1.93. The van der Waals surface area contributed by atoms with Gasteiger partial charge in [0.15, 0.2) is 0 Å². The second-order valence-corrected chi connectivity index (χ2v) is 8.39. The number of fused-ring (bicyclic) bond motifs is 3. The Balaban J connectivity index is 1.61. The molecule has 4 aromatic rings. The fraction of sp³-hybridized carbons (Fsp3) is 0.148. The van der Waals surface area contributed by atoms with Gasteiger partial charge >= 0.3 is 5.97 Å². The molecule has 1 aliphatic heterocycles. The number of aryl methyl sites for hydroxylation is 1. The fourth-order valence-corrected chi connectivity index (χ4v) is 4.47. The van der Waals surface area contributed by atoms with E-state index in [0.717, 1.165) is 11.2 Å². The van der Waals surface area contributed by atoms with E-state index in [1.54, 1.807) is 36.4 Å². The van der Waals surface area contributed by atoms with Crippen LogP contribution >= 0.6 is 0 Å². The summed E-state index contributed by atoms with van der Waals surface area (Å²) in [4.78, 5) is 44.1. The number of para-hydroxylation sites is 1. The minimum atomic E-state index is -0.631. The van der Waals surface area contributed by atoms with Crippen molar-refractivity contribution in [2.75, 3.05) is 18.6 Å². The number of hydrogen-bond donors (Lipinski definition) is 4. The predicted octanol–water partition coefficient (Wildman–Crippen LogP) is 2.99. The fourth-order valence-electron chi connectivity index (χ4n) is 4.47. The van der Waals surface area contributed by atoms with Gasteiger partial charge in [-0.1, -0.05) is 36.4 Å². The molecule has 0 bridgehead atoms. The highest BCUT2D eigenvalue weighted by molar-refractivity contribution is 6.29. The van der Waals surface area contributed by atoms with E-state index in [0.29, 0.717) is 35.3 Å². The van der Waals surface area contributed by atoms with E-state index >= 15 is 0 Å². The molecule has 182 valence electrons. The first kappa shape index (κ1) is 23.3. The van der Waals surface area contributed by atoms with Gasteiger partial charge in [-0.2, -0.15) is 0 Å². The first-order chi connectivity index (χ1) is 17.5. The van der Waals surface area contributed by atoms with Crippen molar-refractivity contribution < 1.29 is 24.3 Å². The number of hydrogen-bond acceptors (Lipinski definition) is 7. The molecule has 0 spiro atoms. The maximum Gasteiger partial charge on any atom is 0.363 e. The summed E-state index contributed by atoms with van der Waals surface area (Å²) in [6.45, 7) is 0.905. The lowest BCUT2D eigenvalue weighted by molar-refractivity contribution is 0.0596. The molecule has 0 fully saturated rings. The number of amides is 2. The van der Waals surface area contributed by atoms with Crippen molar-refractivity contribution in [3.05, 3.63) is 89.1 Å². The van der Waals surface area contributed by atoms with E-state index in [-0.39, 0.29) is 23.3 Å². The normalized spacial score (nSPS) is 12.5. The van der Waals surface area contributed by atoms with Crippen molar-refractivity contribution in [1.82, 2.24) is 15.2 Å². The van der Waals surface area contributed by atoms with E-state index in [9.17, 15) is 14.4 Å². The van der Waals surface area contributed by atoms with Crippen LogP contribution in [0.15, 0.2) is 66.7 Å². The highest BCUT2D eigenvalue weighted by Gasteiger charge is 2.34. The zero-order valence-corrected chi connectivity index (χ0v) is 19.5. The average Bonchev–Trinajstić information content (AvgIpc) is 3.38. The van der Waals surface area contributed by atoms with Crippen LogP contribution in [0, 0.1) is 0 Å². The molecule has 0 aliphatic carbocycles. The second-order valence-electron chi connectivity index (χ2n) is 8.39. The average molecular weight is 485 g/mol. The highest BCUT2D eigenvalue weighted by Crippen LogP contribution is 2.38. The van der Waals surface area contributed by atoms with Crippen molar-refractivity contribution in [2.45, 2.75) is 6.54 Å². The Kier molecular flexibility index (Phi) is 6.24. The summed E-state index contributed by atoms with van der Waals surface area (Å²) in [6.07, 6.45) is 0. The third-order valence-electron chi connectivity index (χ3n) is 6.20. The number of aliphatic hydroxyl groups is 1. The molecule has 2 heterocycles. The third-order valence-corrected chi connectivity index (χ3v) is 6.20. The van der Waals surface area contributed by atoms with Gasteiger partial charge in [-0.3, -0.25) is 14.9 Å². The lowest BCUT2D eigenvalue weighted by Crippen LogP contribution is -2.20. The minimum Gasteiger partial charge on any atom is -0.395 e. The number of nitrogens with one attached hydrogen (secondary N) is 3. The van der Waals surface area contributed by atoms with Crippen LogP contribution in [0.5, 0.6) is 0 Å². The van der Waals surface area contributed by atoms with Crippen molar-refractivity contribution in [2.24, 2.45) is 7.05 Å². The Morgan fingerprint density at radius 3 is 2.47 bits per heavy atom. The van der Waals surface area contributed by atoms with Gasteiger partial charge < -0.3 is 19.8 Å². The van der Waals surface area contributed by atoms with Crippen LogP contribution in [-0.2, 0) is 18.4 Å². The summed E-state index contributed by atoms with van der Waals surface area (Å²) in [6, 6.07) is 19.5. The minimum absolute atomic E-state index is 0.00636. The van der Waals surface area contributed by atoms with Gasteiger partial charge in [-0.15, -0.1) is 0 Å². The first-order valence-electron chi connectivity index (χ1n) is 11.4. The molecule has 36 heavy (non-hydrogen) atoms. The van der Waals surface area contributed by atoms with Gasteiger partial charge in [0.05, 0.1) is 29.0 Å². The van der Waals surface area contributed by atoms with E-state index < -0.39 is 17.8 Å². The SMILES string of the molecule is Cn1c(CNCCO)cc2c3c(c(-c4ccccc4C(=O)ONc4ccccc4)cc21)C(=O)NC3=O. The number of anilines is 1. The number of imide groups is 1. The number of rotatable bonds is 8. The number of aliphatic hydroxyl groups excluding tert-OH is 1. The molecule has 1 aliphatic rings. The molecule has 3 aromatic carbocycles. The zero-order valence-electron chi connectivity index (χ0n) is 19.5. The summed E-state index contributed by atoms with van der Waals surface area (Å²) in [7, 11) is 1.87. The van der Waals surface area contributed by atoms with Crippen molar-refractivity contribution in [1.29, 1.82) is 0 Å². The Morgan fingerprint density at radius 2 is 1.69 bits per heavy atom. The Hall–Kier alpha value is -4.47. The van der Waals surface area contributed by atoms with Gasteiger partial charge in [0.2, 0.25) is 0 Å². The van der Waals surface area contributed by atoms with Gasteiger partial charge in [-0.25, -0.2) is 10.3 Å². The Bertz CT molecular complexity index is 1490. The summed E-state index contributed by atoms with van der Waals surface area (Å²) >= 11 is 0. The van der Waals surface area contributed by atoms with Crippen LogP contribution in [0.25, 0.3) is 22.0 Å². The van der Waals surface area contributed by atoms with Crippen molar-refractivity contribution in [3.8, 4) is 11.1 Å². The molecule has 1 aromatic heterocycles. The van der Waals surface area contributed by atoms with Crippen LogP contribution in [0.1, 0.15) is 36.8 Å². The van der Waals surface area contributed by atoms with Crippen LogP contribution in [0.3, 0.4) is 0 Å². The molecular formula is C27H24N4O5. The molecule has 4 N–H and O–H groups in total. The van der Waals surface area contributed by atoms with Gasteiger partial charge in [-0.05, 0) is 41.5 Å². The lowest BCUT2D eigenvalue weighted by Gasteiger charge is -2.14. The lowest BCUT2D eigenvalue weighted by atomic mass is 9.91. The van der Waals surface area contributed by atoms with Crippen LogP contribution in [0.2, 0.25) is 0 Å². The summed E-state index contributed by atoms with van der Waals surface area (Å²) in [5, 5.41) is 15.3. The quantitative estimate of drug-likeness (QED) is 0.172. The largest absolute Gasteiger partial charge is 0.395 e. The summed E-state index contributed by atoms with van der Waals surface area (Å²) in [5.74, 6) is -1.62. The van der Waals surface area contributed by atoms with Crippen LogP contribution < -0.4 is 16.1 Å². The first-order valence-corrected chi connectivity index (χ1v) is 11.4. The molecule has 5 rings (SSSR count). The van der Waals surface area contributed by atoms with Gasteiger partial charge in [0, 0.05) is 36.7 Å². The van der Waals surface area contributed by atoms with E-state index in [4.69, 9.17) is 9.94 Å². The monoisotopic (exact) mass is 484 g/mol. The number of carbonyl (C=O) groups excluding carboxylic acids is 3. The molecule has 9 heteroatoms. The smallest absolute Gasteiger partial charge is 0.363 e. The predicted molar refractivity (Wildman–Crippen MR) is 134 cm³/mol. The maximum atomic E-state index is 13.1. The number of carbonyl (C=O) groups is 3. The number of benzene rings is 3. The molecule has 0 unspecified atom stereocenters. The molecule has 9 nitrogen and oxygen atoms in total. The van der Waals surface area contributed by atoms with E-state index in [2.05, 4.69) is 16.1 Å². The number of aromatic nitrogens is 1. The third kappa shape index (κ3) is 4.10. The van der Waals surface area contributed by atoms with Crippen molar-refractivity contribution >= 4 is 34.4 Å². The second kappa shape index (κ2) is 9.65. The maximum absolute atomic E-state index is 13.1. The molecule has 2 amide bonds. The van der Waals surface area contributed by atoms with Gasteiger partial charge in [0.25, 0.3) is 11.8 Å².